The lowest BCUT2D eigenvalue weighted by atomic mass is 10.1. The minimum Gasteiger partial charge on any atom is -0.444 e. The first-order valence-corrected chi connectivity index (χ1v) is 30.7. The van der Waals surface area contributed by atoms with Crippen molar-refractivity contribution in [1.29, 1.82) is 0 Å². The number of aromatic amines is 1. The minimum absolute atomic E-state index is 0. The fraction of sp³-hybridized carbons (Fsp3) is 0.768. The van der Waals surface area contributed by atoms with Crippen LogP contribution in [0.3, 0.4) is 0 Å². The molecule has 5 N–H and O–H groups in total. The molecule has 4 aliphatic heterocycles. The number of hydrogen-bond acceptors (Lipinski definition) is 21. The molecule has 94 heavy (non-hydrogen) atoms. The average Bonchev–Trinajstić information content (AvgIpc) is 1.67. The number of piperidine rings is 4. The van der Waals surface area contributed by atoms with Gasteiger partial charge in [0.15, 0.2) is 11.4 Å². The third-order valence-electron chi connectivity index (χ3n) is 12.7. The molecule has 4 saturated heterocycles. The summed E-state index contributed by atoms with van der Waals surface area (Å²) in [6, 6.07) is -0.302. The van der Waals surface area contributed by atoms with E-state index >= 15 is 0 Å². The van der Waals surface area contributed by atoms with Gasteiger partial charge in [0.05, 0.1) is 46.1 Å². The first-order chi connectivity index (χ1) is 41.8. The first-order valence-electron chi connectivity index (χ1n) is 28.9. The van der Waals surface area contributed by atoms with Crippen LogP contribution in [0.4, 0.5) is 62.6 Å². The van der Waals surface area contributed by atoms with Crippen molar-refractivity contribution in [2.75, 3.05) is 71.5 Å². The van der Waals surface area contributed by atoms with Crippen LogP contribution in [0.1, 0.15) is 198 Å². The highest BCUT2D eigenvalue weighted by atomic mass is 32.2. The van der Waals surface area contributed by atoms with Gasteiger partial charge in [-0.2, -0.15) is 37.2 Å². The number of aliphatic hydroxyl groups excluding tert-OH is 2. The molecule has 0 unspecified atom stereocenters. The van der Waals surface area contributed by atoms with E-state index in [0.717, 1.165) is 25.8 Å². The molecule has 0 spiro atoms. The Bertz CT molecular complexity index is 2900. The molecule has 7 rings (SSSR count). The standard InChI is InChI=1S/C14H20F2N4O4.C14H22F2N4O2.C11H21NO5S.C10H19NO3.C4H3F2N3O2.CH4O.2CH4.H2S/c1-14(2,3)24-13(21)18-6-4-9(5-7-18)19-8-10(20(22)23)11(17-19)12(15)16;1-14(2,3)22-13(21)19-6-4-9(5-7-19)20-8-10(17)11(18-20)12(15)16;1-11(2,3)16-10(13)12-7-5-9(6-8-12)17-18(4,14)15;1-10(2,3)14-9(13)11-6-4-8(12)5-7-11;5-4(6)3-2(9(10)11)1-7-8-3;1-2;;;/h8-9,12H,4-7H2,1-3H3;8-9,12H,4-7,17H2,1-3H3;9H,5-8H2,1-4H3;8,12H,4-7H2,1-3H3;1,4H,(H,7,8);2H,1H3;2*1H4;1H2. The monoisotopic (exact) mass is 1400 g/mol. The zero-order valence-corrected chi connectivity index (χ0v) is 56.1. The maximum Gasteiger partial charge on any atom is 0.410 e. The Morgan fingerprint density at radius 1 is 0.574 bits per heavy atom. The highest BCUT2D eigenvalue weighted by molar-refractivity contribution is 7.86. The van der Waals surface area contributed by atoms with Crippen LogP contribution in [-0.4, -0.2) is 203 Å². The lowest BCUT2D eigenvalue weighted by molar-refractivity contribution is -0.386. The average molecular weight is 1400 g/mol. The Morgan fingerprint density at radius 3 is 1.15 bits per heavy atom. The van der Waals surface area contributed by atoms with Crippen LogP contribution in [0, 0.1) is 20.2 Å². The van der Waals surface area contributed by atoms with Gasteiger partial charge in [-0.05, 0) is 134 Å². The van der Waals surface area contributed by atoms with Gasteiger partial charge in [-0.25, -0.2) is 45.5 Å². The van der Waals surface area contributed by atoms with Crippen LogP contribution in [0.15, 0.2) is 18.6 Å². The molecule has 544 valence electrons. The summed E-state index contributed by atoms with van der Waals surface area (Å²) < 4.78 is 125. The van der Waals surface area contributed by atoms with Gasteiger partial charge < -0.3 is 54.5 Å². The van der Waals surface area contributed by atoms with Crippen molar-refractivity contribution >= 4 is 65.0 Å². The molecule has 4 aliphatic rings. The second kappa shape index (κ2) is 39.2. The second-order valence-electron chi connectivity index (χ2n) is 25.0. The van der Waals surface area contributed by atoms with E-state index in [2.05, 4.69) is 15.3 Å². The van der Waals surface area contributed by atoms with Crippen LogP contribution < -0.4 is 5.73 Å². The highest BCUT2D eigenvalue weighted by Gasteiger charge is 2.35. The summed E-state index contributed by atoms with van der Waals surface area (Å²) in [5, 5.41) is 49.6. The highest BCUT2D eigenvalue weighted by Crippen LogP contribution is 2.33. The van der Waals surface area contributed by atoms with E-state index in [1.165, 1.54) is 20.5 Å². The van der Waals surface area contributed by atoms with Gasteiger partial charge in [0.1, 0.15) is 34.8 Å². The molecule has 0 atom stereocenters. The van der Waals surface area contributed by atoms with E-state index in [1.54, 1.807) is 35.5 Å². The van der Waals surface area contributed by atoms with Gasteiger partial charge >= 0.3 is 35.7 Å². The summed E-state index contributed by atoms with van der Waals surface area (Å²) in [6.45, 7) is 25.6. The molecule has 7 heterocycles. The van der Waals surface area contributed by atoms with Crippen molar-refractivity contribution in [3.05, 3.63) is 55.9 Å². The SMILES string of the molecule is C.C.CC(C)(C)OC(=O)N1CCC(O)CC1.CC(C)(C)OC(=O)N1CCC(OS(C)(=O)=O)CC1.CC(C)(C)OC(=O)N1CCC(n2cc(N)c(C(F)F)n2)CC1.CC(C)(C)OC(=O)N1CCC(n2cc([N+](=O)[O-])c(C(F)F)n2)CC1.CO.O=[N+]([O-])c1cn[nH]c1C(F)F.S. The molecular formula is C56H99F6N13O17S2. The Kier molecular flexibility index (Phi) is 37.2. The number of rotatable bonds is 9. The molecule has 4 fully saturated rings. The molecule has 3 aromatic rings. The van der Waals surface area contributed by atoms with Crippen LogP contribution >= 0.6 is 13.5 Å². The number of anilines is 1. The van der Waals surface area contributed by atoms with Gasteiger partial charge in [-0.3, -0.25) is 38.9 Å². The fourth-order valence-electron chi connectivity index (χ4n) is 8.61. The van der Waals surface area contributed by atoms with Crippen molar-refractivity contribution in [3.63, 3.8) is 0 Å². The lowest BCUT2D eigenvalue weighted by Gasteiger charge is -2.33. The Balaban J connectivity index is 0. The summed E-state index contributed by atoms with van der Waals surface area (Å²) >= 11 is 0. The number of likely N-dealkylation sites (tertiary alicyclic amines) is 4. The van der Waals surface area contributed by atoms with E-state index in [-0.39, 0.29) is 82.3 Å². The second-order valence-corrected chi connectivity index (χ2v) is 26.6. The molecule has 0 aliphatic carbocycles. The number of ether oxygens (including phenoxy) is 4. The minimum atomic E-state index is -3.42. The van der Waals surface area contributed by atoms with Crippen LogP contribution in [-0.2, 0) is 33.2 Å². The van der Waals surface area contributed by atoms with E-state index in [4.69, 9.17) is 34.0 Å². The Labute approximate surface area is 552 Å². The Morgan fingerprint density at radius 2 is 0.883 bits per heavy atom. The summed E-state index contributed by atoms with van der Waals surface area (Å²) in [6.07, 6.45) is -1.82. The van der Waals surface area contributed by atoms with E-state index in [9.17, 15) is 79.3 Å². The van der Waals surface area contributed by atoms with Crippen LogP contribution in [0.5, 0.6) is 0 Å². The quantitative estimate of drug-likeness (QED) is 0.0508. The number of amides is 4. The number of alkyl halides is 6. The van der Waals surface area contributed by atoms with Gasteiger partial charge in [-0.1, -0.05) is 14.9 Å². The number of H-pyrrole nitrogens is 1. The van der Waals surface area contributed by atoms with Crippen LogP contribution in [0.2, 0.25) is 0 Å². The smallest absolute Gasteiger partial charge is 0.410 e. The first kappa shape index (κ1) is 89.1. The number of nitro groups is 2. The predicted octanol–water partition coefficient (Wildman–Crippen LogP) is 11.3. The maximum absolute atomic E-state index is 12.8. The van der Waals surface area contributed by atoms with Crippen LogP contribution in [0.25, 0.3) is 0 Å². The number of nitrogens with two attached hydrogens (primary N) is 1. The number of halogens is 6. The van der Waals surface area contributed by atoms with Crippen molar-refractivity contribution in [2.24, 2.45) is 0 Å². The molecule has 0 radical (unpaired) electrons. The molecule has 0 saturated carbocycles. The molecule has 0 aromatic carbocycles. The third kappa shape index (κ3) is 32.5. The summed E-state index contributed by atoms with van der Waals surface area (Å²) in [5.74, 6) is 0. The molecule has 38 heteroatoms. The largest absolute Gasteiger partial charge is 0.444 e. The number of aliphatic hydroxyl groups is 2. The van der Waals surface area contributed by atoms with Crippen molar-refractivity contribution in [2.45, 2.75) is 215 Å². The number of carbonyl (C=O) groups excluding carboxylic acids is 4. The third-order valence-corrected chi connectivity index (χ3v) is 13.3. The van der Waals surface area contributed by atoms with Gasteiger partial charge in [0.2, 0.25) is 5.69 Å². The maximum atomic E-state index is 12.8. The number of hydrogen-bond donors (Lipinski definition) is 4. The summed E-state index contributed by atoms with van der Waals surface area (Å²) in [4.78, 5) is 72.7. The number of carbonyl (C=O) groups is 4. The van der Waals surface area contributed by atoms with Crippen molar-refractivity contribution in [3.8, 4) is 0 Å². The fourth-order valence-corrected chi connectivity index (χ4v) is 9.30. The van der Waals surface area contributed by atoms with Gasteiger partial charge in [0, 0.05) is 65.7 Å². The molecule has 4 amide bonds. The van der Waals surface area contributed by atoms with Gasteiger partial charge in [-0.15, -0.1) is 0 Å². The zero-order chi connectivity index (χ0) is 69.7. The molecule has 3 aromatic heterocycles. The molecule has 0 bridgehead atoms. The number of nitrogens with zero attached hydrogens (tertiary/aromatic N) is 11. The normalized spacial score (nSPS) is 16.0. The lowest BCUT2D eigenvalue weighted by Crippen LogP contribution is -2.43. The number of aromatic nitrogens is 6. The summed E-state index contributed by atoms with van der Waals surface area (Å²) in [7, 11) is -2.42. The van der Waals surface area contributed by atoms with E-state index < -0.39 is 90.5 Å². The van der Waals surface area contributed by atoms with Crippen molar-refractivity contribution < 1.29 is 97.1 Å². The molecular weight excluding hydrogens is 1300 g/mol. The number of nitrogens with one attached hydrogen (secondary N) is 1. The number of nitrogen functional groups attached to an aromatic ring is 1. The summed E-state index contributed by atoms with van der Waals surface area (Å²) in [5.41, 5.74) is 0.150. The topological polar surface area (TPSA) is 379 Å². The van der Waals surface area contributed by atoms with E-state index in [1.807, 2.05) is 67.4 Å². The predicted molar refractivity (Wildman–Crippen MR) is 340 cm³/mol. The van der Waals surface area contributed by atoms with Gasteiger partial charge in [0.25, 0.3) is 29.4 Å². The molecule has 30 nitrogen and oxygen atoms in total. The van der Waals surface area contributed by atoms with Crippen molar-refractivity contribution in [1.82, 2.24) is 49.4 Å². The zero-order valence-electron chi connectivity index (χ0n) is 54.3. The Hall–Kier alpha value is -6.93. The van der Waals surface area contributed by atoms with E-state index in [0.29, 0.717) is 104 Å².